The van der Waals surface area contributed by atoms with E-state index in [9.17, 15) is 14.9 Å². The SMILES string of the molecule is Cc1ccc(Oc2nc3ccccn3c(=O)c2C=C(C#N)C(=O)NCc2ccco2)c(C)c1. The molecule has 3 heterocycles. The second-order valence-corrected chi connectivity index (χ2v) is 7.37. The van der Waals surface area contributed by atoms with Gasteiger partial charge in [0.2, 0.25) is 5.88 Å². The van der Waals surface area contributed by atoms with Crippen molar-refractivity contribution < 1.29 is 13.9 Å². The van der Waals surface area contributed by atoms with Crippen LogP contribution in [0, 0.1) is 25.2 Å². The minimum atomic E-state index is -0.649. The molecule has 0 saturated carbocycles. The Labute approximate surface area is 189 Å². The van der Waals surface area contributed by atoms with Gasteiger partial charge >= 0.3 is 0 Å². The van der Waals surface area contributed by atoms with Gasteiger partial charge in [0.25, 0.3) is 11.5 Å². The van der Waals surface area contributed by atoms with Gasteiger partial charge in [0, 0.05) is 6.20 Å². The van der Waals surface area contributed by atoms with Crippen LogP contribution in [-0.2, 0) is 11.3 Å². The standard InChI is InChI=1S/C25H20N4O4/c1-16-8-9-21(17(2)12-16)33-24-20(25(31)29-10-4-3-7-22(29)28-24)13-18(14-26)23(30)27-15-19-6-5-11-32-19/h3-13H,15H2,1-2H3,(H,27,30). The van der Waals surface area contributed by atoms with Gasteiger partial charge in [-0.05, 0) is 55.8 Å². The molecule has 3 aromatic heterocycles. The normalized spacial score (nSPS) is 11.2. The van der Waals surface area contributed by atoms with Gasteiger partial charge in [-0.1, -0.05) is 23.8 Å². The maximum Gasteiger partial charge on any atom is 0.269 e. The third-order valence-corrected chi connectivity index (χ3v) is 4.93. The summed E-state index contributed by atoms with van der Waals surface area (Å²) in [6, 6.07) is 16.0. The van der Waals surface area contributed by atoms with Crippen LogP contribution in [0.25, 0.3) is 11.7 Å². The molecule has 0 fully saturated rings. The van der Waals surface area contributed by atoms with Crippen molar-refractivity contribution in [1.29, 1.82) is 5.26 Å². The van der Waals surface area contributed by atoms with Crippen LogP contribution >= 0.6 is 0 Å². The van der Waals surface area contributed by atoms with E-state index in [1.165, 1.54) is 16.7 Å². The number of aryl methyl sites for hydroxylation is 2. The molecular formula is C25H20N4O4. The highest BCUT2D eigenvalue weighted by atomic mass is 16.5. The number of carbonyl (C=O) groups excluding carboxylic acids is 1. The van der Waals surface area contributed by atoms with E-state index in [-0.39, 0.29) is 23.6 Å². The zero-order valence-electron chi connectivity index (χ0n) is 18.0. The van der Waals surface area contributed by atoms with Gasteiger partial charge in [-0.3, -0.25) is 14.0 Å². The first-order valence-electron chi connectivity index (χ1n) is 10.1. The number of ether oxygens (including phenoxy) is 1. The number of nitrogens with zero attached hydrogens (tertiary/aromatic N) is 3. The van der Waals surface area contributed by atoms with Crippen molar-refractivity contribution in [3.63, 3.8) is 0 Å². The Morgan fingerprint density at radius 2 is 2.09 bits per heavy atom. The van der Waals surface area contributed by atoms with Gasteiger partial charge in [0.15, 0.2) is 0 Å². The van der Waals surface area contributed by atoms with Gasteiger partial charge in [0.05, 0.1) is 12.8 Å². The van der Waals surface area contributed by atoms with Gasteiger partial charge in [-0.15, -0.1) is 0 Å². The third-order valence-electron chi connectivity index (χ3n) is 4.93. The second-order valence-electron chi connectivity index (χ2n) is 7.37. The number of benzene rings is 1. The number of carbonyl (C=O) groups is 1. The van der Waals surface area contributed by atoms with Crippen molar-refractivity contribution in [3.8, 4) is 17.7 Å². The zero-order valence-corrected chi connectivity index (χ0v) is 18.0. The van der Waals surface area contributed by atoms with Crippen molar-refractivity contribution in [2.45, 2.75) is 20.4 Å². The fraction of sp³-hybridized carbons (Fsp3) is 0.120. The minimum Gasteiger partial charge on any atom is -0.467 e. The Morgan fingerprint density at radius 3 is 2.82 bits per heavy atom. The number of nitriles is 1. The van der Waals surface area contributed by atoms with Crippen molar-refractivity contribution >= 4 is 17.6 Å². The number of hydrogen-bond donors (Lipinski definition) is 1. The van der Waals surface area contributed by atoms with Crippen LogP contribution in [0.2, 0.25) is 0 Å². The summed E-state index contributed by atoms with van der Waals surface area (Å²) in [7, 11) is 0. The molecule has 164 valence electrons. The summed E-state index contributed by atoms with van der Waals surface area (Å²) < 4.78 is 12.5. The van der Waals surface area contributed by atoms with Gasteiger partial charge in [-0.25, -0.2) is 0 Å². The Balaban J connectivity index is 1.77. The van der Waals surface area contributed by atoms with Crippen LogP contribution < -0.4 is 15.6 Å². The molecule has 0 saturated heterocycles. The van der Waals surface area contributed by atoms with E-state index in [0.717, 1.165) is 11.1 Å². The molecule has 0 unspecified atom stereocenters. The number of nitrogens with one attached hydrogen (secondary N) is 1. The lowest BCUT2D eigenvalue weighted by Gasteiger charge is -2.12. The summed E-state index contributed by atoms with van der Waals surface area (Å²) in [6.45, 7) is 3.95. The highest BCUT2D eigenvalue weighted by molar-refractivity contribution is 6.01. The van der Waals surface area contributed by atoms with Gasteiger partial charge in [0.1, 0.15) is 34.4 Å². The molecule has 0 radical (unpaired) electrons. The lowest BCUT2D eigenvalue weighted by Crippen LogP contribution is -2.24. The highest BCUT2D eigenvalue weighted by Gasteiger charge is 2.18. The molecule has 0 bridgehead atoms. The fourth-order valence-electron chi connectivity index (χ4n) is 3.27. The number of fused-ring (bicyclic) bond motifs is 1. The number of rotatable bonds is 6. The molecule has 0 spiro atoms. The molecular weight excluding hydrogens is 420 g/mol. The molecule has 33 heavy (non-hydrogen) atoms. The zero-order chi connectivity index (χ0) is 23.4. The van der Waals surface area contributed by atoms with Gasteiger partial charge < -0.3 is 14.5 Å². The Bertz CT molecular complexity index is 1460. The number of pyridine rings is 1. The monoisotopic (exact) mass is 440 g/mol. The molecule has 0 aliphatic heterocycles. The Kier molecular flexibility index (Phi) is 6.04. The number of aromatic nitrogens is 2. The molecule has 4 rings (SSSR count). The summed E-state index contributed by atoms with van der Waals surface area (Å²) in [5.74, 6) is 0.406. The van der Waals surface area contributed by atoms with Crippen LogP contribution in [0.15, 0.2) is 75.8 Å². The van der Waals surface area contributed by atoms with E-state index in [1.54, 1.807) is 42.6 Å². The quantitative estimate of drug-likeness (QED) is 0.359. The predicted molar refractivity (Wildman–Crippen MR) is 122 cm³/mol. The largest absolute Gasteiger partial charge is 0.467 e. The van der Waals surface area contributed by atoms with Crippen LogP contribution in [0.5, 0.6) is 11.6 Å². The number of amides is 1. The average Bonchev–Trinajstić information content (AvgIpc) is 3.33. The lowest BCUT2D eigenvalue weighted by atomic mass is 10.1. The number of hydrogen-bond acceptors (Lipinski definition) is 6. The molecule has 4 aromatic rings. The van der Waals surface area contributed by atoms with Crippen molar-refractivity contribution in [2.24, 2.45) is 0 Å². The Morgan fingerprint density at radius 1 is 1.24 bits per heavy atom. The maximum absolute atomic E-state index is 13.2. The molecule has 0 aliphatic rings. The molecule has 8 nitrogen and oxygen atoms in total. The fourth-order valence-corrected chi connectivity index (χ4v) is 3.27. The minimum absolute atomic E-state index is 0.00439. The van der Waals surface area contributed by atoms with E-state index >= 15 is 0 Å². The molecule has 1 amide bonds. The topological polar surface area (TPSA) is 110 Å². The van der Waals surface area contributed by atoms with E-state index in [0.29, 0.717) is 17.2 Å². The lowest BCUT2D eigenvalue weighted by molar-refractivity contribution is -0.117. The van der Waals surface area contributed by atoms with Crippen LogP contribution in [-0.4, -0.2) is 15.3 Å². The average molecular weight is 440 g/mol. The summed E-state index contributed by atoms with van der Waals surface area (Å²) >= 11 is 0. The van der Waals surface area contributed by atoms with Crippen molar-refractivity contribution in [2.75, 3.05) is 0 Å². The van der Waals surface area contributed by atoms with Crippen LogP contribution in [0.4, 0.5) is 0 Å². The van der Waals surface area contributed by atoms with E-state index < -0.39 is 11.5 Å². The smallest absolute Gasteiger partial charge is 0.269 e. The first-order chi connectivity index (χ1) is 16.0. The maximum atomic E-state index is 13.2. The van der Waals surface area contributed by atoms with Crippen LogP contribution in [0.1, 0.15) is 22.5 Å². The third kappa shape index (κ3) is 4.67. The van der Waals surface area contributed by atoms with Crippen LogP contribution in [0.3, 0.4) is 0 Å². The van der Waals surface area contributed by atoms with Crippen molar-refractivity contribution in [3.05, 3.63) is 99.4 Å². The predicted octanol–water partition coefficient (Wildman–Crippen LogP) is 3.92. The molecule has 1 N–H and O–H groups in total. The first kappa shape index (κ1) is 21.6. The van der Waals surface area contributed by atoms with Gasteiger partial charge in [-0.2, -0.15) is 10.2 Å². The Hall–Kier alpha value is -4.64. The molecule has 8 heteroatoms. The second kappa shape index (κ2) is 9.24. The molecule has 0 atom stereocenters. The highest BCUT2D eigenvalue weighted by Crippen LogP contribution is 2.27. The summed E-state index contributed by atoms with van der Waals surface area (Å²) in [5, 5.41) is 12.2. The van der Waals surface area contributed by atoms with E-state index in [1.807, 2.05) is 32.0 Å². The number of furan rings is 1. The first-order valence-corrected chi connectivity index (χ1v) is 10.1. The van der Waals surface area contributed by atoms with Crippen molar-refractivity contribution in [1.82, 2.24) is 14.7 Å². The molecule has 1 aromatic carbocycles. The van der Waals surface area contributed by atoms with E-state index in [2.05, 4.69) is 10.3 Å². The summed E-state index contributed by atoms with van der Waals surface area (Å²) in [4.78, 5) is 30.3. The molecule has 0 aliphatic carbocycles. The summed E-state index contributed by atoms with van der Waals surface area (Å²) in [5.41, 5.74) is 1.56. The van der Waals surface area contributed by atoms with E-state index in [4.69, 9.17) is 9.15 Å². The summed E-state index contributed by atoms with van der Waals surface area (Å²) in [6.07, 6.45) is 4.25.